The van der Waals surface area contributed by atoms with E-state index in [0.29, 0.717) is 11.2 Å². The largest absolute Gasteiger partial charge is 0.457 e. The number of thioether (sulfide) groups is 1. The number of unbranched alkanes of at least 4 members (excludes halogenated alkanes) is 10. The number of hydrogen-bond acceptors (Lipinski definition) is 6. The zero-order valence-electron chi connectivity index (χ0n) is 20.0. The van der Waals surface area contributed by atoms with E-state index < -0.39 is 29.6 Å². The molecular weight excluding hydrogens is 457 g/mol. The number of carbonyl (C=O) groups excluding carboxylic acids is 3. The number of aldehydes is 1. The van der Waals surface area contributed by atoms with Crippen molar-refractivity contribution >= 4 is 30.0 Å². The van der Waals surface area contributed by atoms with Crippen LogP contribution in [0, 0.1) is 0 Å². The van der Waals surface area contributed by atoms with Gasteiger partial charge < -0.3 is 9.53 Å². The van der Waals surface area contributed by atoms with E-state index in [1.165, 1.54) is 56.7 Å². The first kappa shape index (κ1) is 31.4. The fraction of sp³-hybridized carbons (Fsp3) is 0.783. The first-order chi connectivity index (χ1) is 15.7. The Kier molecular flexibility index (Phi) is 17.9. The van der Waals surface area contributed by atoms with Gasteiger partial charge in [0.2, 0.25) is 5.91 Å². The Bertz CT molecular complexity index is 589. The highest BCUT2D eigenvalue weighted by Crippen LogP contribution is 2.18. The van der Waals surface area contributed by atoms with E-state index in [1.54, 1.807) is 6.08 Å². The summed E-state index contributed by atoms with van der Waals surface area (Å²) < 4.78 is 42.8. The van der Waals surface area contributed by atoms with Crippen molar-refractivity contribution in [2.24, 2.45) is 0 Å². The summed E-state index contributed by atoms with van der Waals surface area (Å²) in [5.41, 5.74) is 0. The van der Waals surface area contributed by atoms with Crippen molar-refractivity contribution < 1.29 is 32.3 Å². The van der Waals surface area contributed by atoms with E-state index in [-0.39, 0.29) is 5.75 Å². The third kappa shape index (κ3) is 16.7. The van der Waals surface area contributed by atoms with Gasteiger partial charge in [0, 0.05) is 12.8 Å². The lowest BCUT2D eigenvalue weighted by Gasteiger charge is -2.23. The zero-order valence-corrected chi connectivity index (χ0v) is 20.8. The molecule has 0 bridgehead atoms. The normalized spacial score (nSPS) is 13.6. The number of imide groups is 1. The van der Waals surface area contributed by atoms with Gasteiger partial charge in [-0.1, -0.05) is 76.9 Å². The summed E-state index contributed by atoms with van der Waals surface area (Å²) in [7, 11) is 2.06. The topological polar surface area (TPSA) is 75.7 Å². The highest BCUT2D eigenvalue weighted by Gasteiger charge is 2.37. The minimum Gasteiger partial charge on any atom is -0.452 e. The third-order valence-corrected chi connectivity index (χ3v) is 6.23. The highest BCUT2D eigenvalue weighted by molar-refractivity contribution is 8.00. The van der Waals surface area contributed by atoms with Crippen LogP contribution in [0.25, 0.3) is 0 Å². The second kappa shape index (κ2) is 18.8. The van der Waals surface area contributed by atoms with Crippen molar-refractivity contribution in [3.05, 3.63) is 12.2 Å². The molecule has 33 heavy (non-hydrogen) atoms. The molecule has 192 valence electrons. The van der Waals surface area contributed by atoms with E-state index in [4.69, 9.17) is 0 Å². The molecule has 0 radical (unpaired) electrons. The number of ether oxygens (including phenoxy) is 1. The molecule has 0 heterocycles. The van der Waals surface area contributed by atoms with Gasteiger partial charge in [-0.2, -0.15) is 13.2 Å². The molecular formula is C23H39F3N2O4S. The molecule has 0 aliphatic carbocycles. The van der Waals surface area contributed by atoms with Crippen molar-refractivity contribution in [3.63, 3.8) is 0 Å². The first-order valence-corrected chi connectivity index (χ1v) is 12.6. The van der Waals surface area contributed by atoms with Gasteiger partial charge in [0.25, 0.3) is 0 Å². The van der Waals surface area contributed by atoms with Gasteiger partial charge in [-0.25, -0.2) is 15.0 Å². The van der Waals surface area contributed by atoms with E-state index in [0.717, 1.165) is 45.2 Å². The second-order valence-corrected chi connectivity index (χ2v) is 9.11. The van der Waals surface area contributed by atoms with Crippen LogP contribution in [0.1, 0.15) is 77.6 Å². The standard InChI is InChI=1S/C23H39F3N2O4S/c1-4-5-6-7-8-9-10-11-12-13-14-15-16-19(17-29)33-18-20(27-23(24,25)26)21(30)28(2)22(31)32-3/h15-17,19-20,27H,4-14,18H2,1-3H3/b16-15-. The van der Waals surface area contributed by atoms with E-state index in [1.807, 2.05) is 6.08 Å². The quantitative estimate of drug-likeness (QED) is 0.111. The van der Waals surface area contributed by atoms with Crippen LogP contribution in [0.5, 0.6) is 0 Å². The molecule has 10 heteroatoms. The van der Waals surface area contributed by atoms with Crippen LogP contribution in [0.3, 0.4) is 0 Å². The maximum absolute atomic E-state index is 12.8. The zero-order chi connectivity index (χ0) is 25.1. The van der Waals surface area contributed by atoms with Crippen molar-refractivity contribution in [2.45, 2.75) is 95.1 Å². The number of nitrogens with zero attached hydrogens (tertiary/aromatic N) is 1. The fourth-order valence-electron chi connectivity index (χ4n) is 3.16. The Morgan fingerprint density at radius 2 is 1.58 bits per heavy atom. The molecule has 0 aliphatic heterocycles. The van der Waals surface area contributed by atoms with Crippen molar-refractivity contribution in [1.82, 2.24) is 10.2 Å². The average molecular weight is 497 g/mol. The van der Waals surface area contributed by atoms with Crippen molar-refractivity contribution in [1.29, 1.82) is 0 Å². The summed E-state index contributed by atoms with van der Waals surface area (Å²) in [6.07, 6.45) is 11.3. The van der Waals surface area contributed by atoms with Crippen molar-refractivity contribution in [3.8, 4) is 0 Å². The molecule has 2 atom stereocenters. The van der Waals surface area contributed by atoms with Gasteiger partial charge in [0.05, 0.1) is 12.4 Å². The SMILES string of the molecule is CCCCCCCCCCCC/C=C\C(C=O)SCC(NC(F)(F)F)C(=O)N(C)C(=O)OC. The van der Waals surface area contributed by atoms with Crippen molar-refractivity contribution in [2.75, 3.05) is 19.9 Å². The number of carbonyl (C=O) groups is 3. The lowest BCUT2D eigenvalue weighted by Crippen LogP contribution is -2.53. The number of halogens is 3. The molecule has 2 unspecified atom stereocenters. The van der Waals surface area contributed by atoms with Crippen LogP contribution in [0.15, 0.2) is 12.2 Å². The first-order valence-electron chi connectivity index (χ1n) is 11.6. The lowest BCUT2D eigenvalue weighted by atomic mass is 10.1. The smallest absolute Gasteiger partial charge is 0.452 e. The summed E-state index contributed by atoms with van der Waals surface area (Å²) in [6, 6.07) is -1.73. The van der Waals surface area contributed by atoms with E-state index in [9.17, 15) is 27.6 Å². The molecule has 0 aromatic heterocycles. The molecule has 0 aromatic rings. The Balaban J connectivity index is 4.36. The molecule has 0 saturated carbocycles. The van der Waals surface area contributed by atoms with Gasteiger partial charge >= 0.3 is 12.4 Å². The van der Waals surface area contributed by atoms with Gasteiger partial charge in [-0.3, -0.25) is 4.79 Å². The van der Waals surface area contributed by atoms with Gasteiger partial charge in [-0.15, -0.1) is 11.8 Å². The average Bonchev–Trinajstić information content (AvgIpc) is 2.78. The van der Waals surface area contributed by atoms with Gasteiger partial charge in [0.15, 0.2) is 0 Å². The number of hydrogen-bond donors (Lipinski definition) is 1. The predicted molar refractivity (Wildman–Crippen MR) is 126 cm³/mol. The molecule has 1 N–H and O–H groups in total. The van der Waals surface area contributed by atoms with Gasteiger partial charge in [-0.05, 0) is 12.8 Å². The molecule has 0 aromatic carbocycles. The molecule has 0 spiro atoms. The maximum Gasteiger partial charge on any atom is 0.457 e. The summed E-state index contributed by atoms with van der Waals surface area (Å²) in [5.74, 6) is -1.43. The summed E-state index contributed by atoms with van der Waals surface area (Å²) in [6.45, 7) is 2.21. The van der Waals surface area contributed by atoms with E-state index in [2.05, 4.69) is 11.7 Å². The summed E-state index contributed by atoms with van der Waals surface area (Å²) in [5, 5.41) is 0.571. The number of methoxy groups -OCH3 is 1. The highest BCUT2D eigenvalue weighted by atomic mass is 32.2. The lowest BCUT2D eigenvalue weighted by molar-refractivity contribution is -0.169. The number of nitrogens with one attached hydrogen (secondary N) is 1. The van der Waals surface area contributed by atoms with Crippen LogP contribution in [-0.2, 0) is 14.3 Å². The monoisotopic (exact) mass is 496 g/mol. The number of allylic oxidation sites excluding steroid dienone is 1. The van der Waals surface area contributed by atoms with Crippen LogP contribution in [-0.4, -0.2) is 60.7 Å². The third-order valence-electron chi connectivity index (χ3n) is 5.05. The molecule has 0 aliphatic rings. The molecule has 0 fully saturated rings. The predicted octanol–water partition coefficient (Wildman–Crippen LogP) is 5.86. The fourth-order valence-corrected chi connectivity index (χ4v) is 4.10. The minimum absolute atomic E-state index is 0.342. The molecule has 2 amide bonds. The number of rotatable bonds is 18. The van der Waals surface area contributed by atoms with E-state index >= 15 is 0 Å². The summed E-state index contributed by atoms with van der Waals surface area (Å²) in [4.78, 5) is 35.5. The minimum atomic E-state index is -4.82. The van der Waals surface area contributed by atoms with Crippen LogP contribution in [0.2, 0.25) is 0 Å². The summed E-state index contributed by atoms with van der Waals surface area (Å²) >= 11 is 0.901. The number of likely N-dealkylation sites (N-methyl/N-ethyl adjacent to an activating group) is 1. The maximum atomic E-state index is 12.8. The number of alkyl halides is 3. The molecule has 0 rings (SSSR count). The van der Waals surface area contributed by atoms with Crippen LogP contribution in [0.4, 0.5) is 18.0 Å². The van der Waals surface area contributed by atoms with Crippen LogP contribution < -0.4 is 5.32 Å². The molecule has 6 nitrogen and oxygen atoms in total. The Morgan fingerprint density at radius 3 is 2.06 bits per heavy atom. The van der Waals surface area contributed by atoms with Crippen LogP contribution >= 0.6 is 11.8 Å². The second-order valence-electron chi connectivity index (χ2n) is 7.89. The molecule has 0 saturated heterocycles. The number of amides is 2. The Hall–Kier alpha value is -1.55. The van der Waals surface area contributed by atoms with Gasteiger partial charge in [0.1, 0.15) is 12.3 Å². The Labute approximate surface area is 200 Å². The Morgan fingerprint density at radius 1 is 1.03 bits per heavy atom.